The van der Waals surface area contributed by atoms with Gasteiger partial charge in [-0.05, 0) is 24.3 Å². The molecule has 0 aromatic carbocycles. The van der Waals surface area contributed by atoms with E-state index in [1.165, 1.54) is 0 Å². The van der Waals surface area contributed by atoms with Gasteiger partial charge in [0.1, 0.15) is 6.04 Å². The number of amidine groups is 1. The molecule has 3 rings (SSSR count). The Morgan fingerprint density at radius 1 is 1.48 bits per heavy atom. The van der Waals surface area contributed by atoms with Crippen molar-refractivity contribution in [3.8, 4) is 0 Å². The van der Waals surface area contributed by atoms with Gasteiger partial charge in [-0.15, -0.1) is 11.3 Å². The van der Waals surface area contributed by atoms with Gasteiger partial charge in [0.2, 0.25) is 11.8 Å². The van der Waals surface area contributed by atoms with Crippen LogP contribution in [0.4, 0.5) is 0 Å². The third-order valence-corrected chi connectivity index (χ3v) is 5.36. The molecule has 1 N–H and O–H groups in total. The van der Waals surface area contributed by atoms with Crippen LogP contribution in [0.3, 0.4) is 0 Å². The molecule has 0 saturated carbocycles. The molecule has 0 spiro atoms. The summed E-state index contributed by atoms with van der Waals surface area (Å²) < 4.78 is 0. The number of aliphatic imine (C=N–C) groups is 1. The molecule has 2 amide bonds. The highest BCUT2D eigenvalue weighted by Gasteiger charge is 2.34. The first-order chi connectivity index (χ1) is 10.2. The van der Waals surface area contributed by atoms with Crippen molar-refractivity contribution in [3.05, 3.63) is 22.4 Å². The van der Waals surface area contributed by atoms with Crippen molar-refractivity contribution in [3.63, 3.8) is 0 Å². The first-order valence-electron chi connectivity index (χ1n) is 7.04. The van der Waals surface area contributed by atoms with Gasteiger partial charge in [-0.2, -0.15) is 0 Å². The van der Waals surface area contributed by atoms with E-state index < -0.39 is 0 Å². The molecule has 0 bridgehead atoms. The number of hydrogen-bond acceptors (Lipinski definition) is 5. The first-order valence-corrected chi connectivity index (χ1v) is 8.90. The van der Waals surface area contributed by atoms with Crippen LogP contribution in [0.1, 0.15) is 17.7 Å². The second-order valence-corrected chi connectivity index (χ2v) is 7.14. The predicted molar refractivity (Wildman–Crippen MR) is 85.7 cm³/mol. The van der Waals surface area contributed by atoms with Gasteiger partial charge in [-0.1, -0.05) is 17.8 Å². The van der Waals surface area contributed by atoms with E-state index in [-0.39, 0.29) is 17.9 Å². The molecule has 3 heterocycles. The fourth-order valence-corrected chi connectivity index (χ4v) is 4.03. The van der Waals surface area contributed by atoms with Crippen molar-refractivity contribution in [2.75, 3.05) is 18.8 Å². The molecule has 21 heavy (non-hydrogen) atoms. The first kappa shape index (κ1) is 14.6. The van der Waals surface area contributed by atoms with Gasteiger partial charge < -0.3 is 10.2 Å². The van der Waals surface area contributed by atoms with Crippen LogP contribution in [0.2, 0.25) is 0 Å². The van der Waals surface area contributed by atoms with E-state index >= 15 is 0 Å². The van der Waals surface area contributed by atoms with E-state index in [9.17, 15) is 9.59 Å². The molecular weight excluding hydrogens is 306 g/mol. The Labute approximate surface area is 131 Å². The van der Waals surface area contributed by atoms with Gasteiger partial charge in [-0.25, -0.2) is 0 Å². The number of rotatable bonds is 3. The molecule has 2 aliphatic heterocycles. The lowest BCUT2D eigenvalue weighted by molar-refractivity contribution is -0.137. The topological polar surface area (TPSA) is 61.8 Å². The molecule has 0 unspecified atom stereocenters. The molecule has 1 saturated heterocycles. The lowest BCUT2D eigenvalue weighted by Crippen LogP contribution is -2.47. The average molecular weight is 323 g/mol. The van der Waals surface area contributed by atoms with E-state index in [1.54, 1.807) is 28.0 Å². The molecular formula is C14H17N3O2S2. The number of nitrogens with zero attached hydrogens (tertiary/aromatic N) is 2. The van der Waals surface area contributed by atoms with Crippen molar-refractivity contribution in [1.82, 2.24) is 10.2 Å². The second kappa shape index (κ2) is 6.62. The van der Waals surface area contributed by atoms with E-state index in [0.29, 0.717) is 18.1 Å². The molecule has 1 aromatic heterocycles. The van der Waals surface area contributed by atoms with E-state index in [4.69, 9.17) is 0 Å². The molecule has 0 radical (unpaired) electrons. The summed E-state index contributed by atoms with van der Waals surface area (Å²) in [5.74, 6) is 0.859. The molecule has 1 fully saturated rings. The van der Waals surface area contributed by atoms with Gasteiger partial charge in [0, 0.05) is 17.2 Å². The third-order valence-electron chi connectivity index (χ3n) is 3.60. The zero-order valence-electron chi connectivity index (χ0n) is 11.6. The Morgan fingerprint density at radius 2 is 2.38 bits per heavy atom. The number of carbonyl (C=O) groups is 2. The largest absolute Gasteiger partial charge is 0.330 e. The highest BCUT2D eigenvalue weighted by molar-refractivity contribution is 8.14. The summed E-state index contributed by atoms with van der Waals surface area (Å²) in [6.07, 6.45) is 2.00. The number of carbonyl (C=O) groups excluding carboxylic acids is 2. The van der Waals surface area contributed by atoms with Crippen molar-refractivity contribution in [2.24, 2.45) is 4.99 Å². The van der Waals surface area contributed by atoms with Crippen LogP contribution in [0.25, 0.3) is 0 Å². The van der Waals surface area contributed by atoms with E-state index in [2.05, 4.69) is 10.3 Å². The van der Waals surface area contributed by atoms with Crippen LogP contribution < -0.4 is 5.32 Å². The molecule has 112 valence electrons. The Morgan fingerprint density at radius 3 is 3.10 bits per heavy atom. The van der Waals surface area contributed by atoms with Crippen molar-refractivity contribution in [2.45, 2.75) is 25.3 Å². The van der Waals surface area contributed by atoms with Gasteiger partial charge >= 0.3 is 0 Å². The highest BCUT2D eigenvalue weighted by Crippen LogP contribution is 2.21. The minimum absolute atomic E-state index is 0.0381. The van der Waals surface area contributed by atoms with Gasteiger partial charge in [0.05, 0.1) is 13.0 Å². The summed E-state index contributed by atoms with van der Waals surface area (Å²) >= 11 is 3.13. The third kappa shape index (κ3) is 3.47. The van der Waals surface area contributed by atoms with E-state index in [0.717, 1.165) is 30.0 Å². The quantitative estimate of drug-likeness (QED) is 0.917. The number of thiophene rings is 1. The summed E-state index contributed by atoms with van der Waals surface area (Å²) in [6, 6.07) is 3.55. The summed E-state index contributed by atoms with van der Waals surface area (Å²) in [4.78, 5) is 31.7. The van der Waals surface area contributed by atoms with Crippen LogP contribution in [0.5, 0.6) is 0 Å². The van der Waals surface area contributed by atoms with Crippen molar-refractivity contribution < 1.29 is 9.59 Å². The Bertz CT molecular complexity index is 557. The number of nitrogens with one attached hydrogen (secondary N) is 1. The molecule has 1 aromatic rings. The maximum absolute atomic E-state index is 12.4. The van der Waals surface area contributed by atoms with Gasteiger partial charge in [-0.3, -0.25) is 14.6 Å². The van der Waals surface area contributed by atoms with E-state index in [1.807, 2.05) is 17.5 Å². The molecule has 0 aliphatic carbocycles. The molecule has 1 atom stereocenters. The fraction of sp³-hybridized carbons (Fsp3) is 0.500. The van der Waals surface area contributed by atoms with Crippen LogP contribution in [0, 0.1) is 0 Å². The summed E-state index contributed by atoms with van der Waals surface area (Å²) in [7, 11) is 0. The Hall–Kier alpha value is -1.34. The average Bonchev–Trinajstić information content (AvgIpc) is 3.20. The zero-order valence-corrected chi connectivity index (χ0v) is 13.2. The number of amides is 2. The number of hydrogen-bond donors (Lipinski definition) is 1. The SMILES string of the molecule is O=C(NC1=NCCS1)[C@H]1CCCN1C(=O)Cc1cccs1. The van der Waals surface area contributed by atoms with Gasteiger partial charge in [0.25, 0.3) is 0 Å². The summed E-state index contributed by atoms with van der Waals surface area (Å²) in [5.41, 5.74) is 0. The van der Waals surface area contributed by atoms with Crippen LogP contribution in [0.15, 0.2) is 22.5 Å². The number of thioether (sulfide) groups is 1. The van der Waals surface area contributed by atoms with Crippen LogP contribution in [-0.2, 0) is 16.0 Å². The lowest BCUT2D eigenvalue weighted by Gasteiger charge is -2.23. The zero-order chi connectivity index (χ0) is 14.7. The second-order valence-electron chi connectivity index (χ2n) is 5.03. The summed E-state index contributed by atoms with van der Waals surface area (Å²) in [6.45, 7) is 1.42. The Balaban J connectivity index is 1.61. The molecule has 5 nitrogen and oxygen atoms in total. The number of likely N-dealkylation sites (tertiary alicyclic amines) is 1. The minimum Gasteiger partial charge on any atom is -0.330 e. The van der Waals surface area contributed by atoms with Crippen LogP contribution in [-0.4, -0.2) is 46.8 Å². The minimum atomic E-state index is -0.346. The maximum Gasteiger partial charge on any atom is 0.248 e. The Kier molecular flexibility index (Phi) is 4.60. The lowest BCUT2D eigenvalue weighted by atomic mass is 10.2. The van der Waals surface area contributed by atoms with Crippen molar-refractivity contribution in [1.29, 1.82) is 0 Å². The summed E-state index contributed by atoms with van der Waals surface area (Å²) in [5, 5.41) is 5.50. The highest BCUT2D eigenvalue weighted by atomic mass is 32.2. The van der Waals surface area contributed by atoms with Crippen LogP contribution >= 0.6 is 23.1 Å². The molecule has 7 heteroatoms. The maximum atomic E-state index is 12.4. The smallest absolute Gasteiger partial charge is 0.248 e. The van der Waals surface area contributed by atoms with Gasteiger partial charge in [0.15, 0.2) is 5.17 Å². The normalized spacial score (nSPS) is 21.4. The predicted octanol–water partition coefficient (Wildman–Crippen LogP) is 1.50. The monoisotopic (exact) mass is 323 g/mol. The fourth-order valence-electron chi connectivity index (χ4n) is 2.60. The van der Waals surface area contributed by atoms with Crippen molar-refractivity contribution >= 4 is 40.1 Å². The molecule has 2 aliphatic rings. The standard InChI is InChI=1S/C14H17N3O2S2/c18-12(9-10-3-2-7-20-10)17-6-1-4-11(17)13(19)16-14-15-5-8-21-14/h2-3,7,11H,1,4-6,8-9H2,(H,15,16,19)/t11-/m1/s1.